The molecule has 1 aliphatic rings. The van der Waals surface area contributed by atoms with Crippen LogP contribution in [-0.4, -0.2) is 34.0 Å². The second kappa shape index (κ2) is 7.08. The van der Waals surface area contributed by atoms with Gasteiger partial charge in [0.05, 0.1) is 11.5 Å². The summed E-state index contributed by atoms with van der Waals surface area (Å²) in [5.74, 6) is -1.52. The Morgan fingerprint density at radius 2 is 1.87 bits per heavy atom. The third kappa shape index (κ3) is 3.97. The number of nitro benzene ring substituents is 1. The van der Waals surface area contributed by atoms with Crippen molar-refractivity contribution in [3.63, 3.8) is 0 Å². The number of amides is 1. The molecular weight excluding hydrogens is 302 g/mol. The van der Waals surface area contributed by atoms with Crippen LogP contribution < -0.4 is 10.6 Å². The number of benzene rings is 1. The zero-order chi connectivity index (χ0) is 16.9. The van der Waals surface area contributed by atoms with Gasteiger partial charge in [-0.1, -0.05) is 31.4 Å². The van der Waals surface area contributed by atoms with E-state index in [0.29, 0.717) is 12.8 Å². The molecule has 0 aromatic heterocycles. The molecule has 3 N–H and O–H groups in total. The number of nitrogens with one attached hydrogen (secondary N) is 2. The number of rotatable bonds is 6. The Kier molecular flexibility index (Phi) is 5.15. The third-order valence-corrected chi connectivity index (χ3v) is 4.04. The van der Waals surface area contributed by atoms with E-state index in [0.717, 1.165) is 19.3 Å². The minimum atomic E-state index is -1.22. The molecule has 0 unspecified atom stereocenters. The van der Waals surface area contributed by atoms with Gasteiger partial charge in [0.15, 0.2) is 0 Å². The molecule has 0 bridgehead atoms. The van der Waals surface area contributed by atoms with Crippen molar-refractivity contribution in [2.24, 2.45) is 0 Å². The number of anilines is 1. The molecule has 0 aliphatic heterocycles. The smallest absolute Gasteiger partial charge is 0.329 e. The molecule has 8 heteroatoms. The number of aliphatic carboxylic acids is 1. The average Bonchev–Trinajstić information content (AvgIpc) is 2.54. The third-order valence-electron chi connectivity index (χ3n) is 4.04. The van der Waals surface area contributed by atoms with Gasteiger partial charge >= 0.3 is 5.97 Å². The molecule has 124 valence electrons. The number of hydrogen-bond acceptors (Lipinski definition) is 5. The molecule has 0 radical (unpaired) electrons. The van der Waals surface area contributed by atoms with Gasteiger partial charge in [-0.05, 0) is 18.9 Å². The minimum absolute atomic E-state index is 0.133. The van der Waals surface area contributed by atoms with Crippen molar-refractivity contribution >= 4 is 23.3 Å². The lowest BCUT2D eigenvalue weighted by atomic mass is 9.81. The Bertz CT molecular complexity index is 611. The number of nitro groups is 1. The first kappa shape index (κ1) is 16.7. The first-order chi connectivity index (χ1) is 10.9. The van der Waals surface area contributed by atoms with Gasteiger partial charge in [-0.15, -0.1) is 0 Å². The van der Waals surface area contributed by atoms with E-state index in [1.165, 1.54) is 18.2 Å². The number of carbonyl (C=O) groups excluding carboxylic acids is 1. The molecule has 2 rings (SSSR count). The first-order valence-electron chi connectivity index (χ1n) is 7.46. The summed E-state index contributed by atoms with van der Waals surface area (Å²) < 4.78 is 0. The van der Waals surface area contributed by atoms with Crippen molar-refractivity contribution in [1.29, 1.82) is 0 Å². The highest BCUT2D eigenvalue weighted by Crippen LogP contribution is 2.28. The van der Waals surface area contributed by atoms with Crippen molar-refractivity contribution in [2.45, 2.75) is 37.6 Å². The van der Waals surface area contributed by atoms with E-state index in [2.05, 4.69) is 10.6 Å². The average molecular weight is 321 g/mol. The highest BCUT2D eigenvalue weighted by atomic mass is 16.6. The molecule has 1 aromatic rings. The summed E-state index contributed by atoms with van der Waals surface area (Å²) in [5.41, 5.74) is -1.13. The number of carboxylic acid groups (broad SMARTS) is 1. The van der Waals surface area contributed by atoms with Gasteiger partial charge in [0.25, 0.3) is 5.69 Å². The fraction of sp³-hybridized carbons (Fsp3) is 0.467. The maximum atomic E-state index is 12.1. The summed E-state index contributed by atoms with van der Waals surface area (Å²) in [4.78, 5) is 33.9. The van der Waals surface area contributed by atoms with Crippen molar-refractivity contribution < 1.29 is 19.6 Å². The maximum Gasteiger partial charge on any atom is 0.329 e. The van der Waals surface area contributed by atoms with Gasteiger partial charge in [-0.25, -0.2) is 4.79 Å². The predicted octanol–water partition coefficient (Wildman–Crippen LogP) is 1.91. The first-order valence-corrected chi connectivity index (χ1v) is 7.46. The predicted molar refractivity (Wildman–Crippen MR) is 83.2 cm³/mol. The van der Waals surface area contributed by atoms with E-state index in [9.17, 15) is 24.8 Å². The van der Waals surface area contributed by atoms with Crippen LogP contribution >= 0.6 is 0 Å². The lowest BCUT2D eigenvalue weighted by Gasteiger charge is -2.34. The molecule has 0 spiro atoms. The summed E-state index contributed by atoms with van der Waals surface area (Å²) in [5, 5.41) is 25.6. The molecule has 0 atom stereocenters. The molecule has 8 nitrogen and oxygen atoms in total. The summed E-state index contributed by atoms with van der Waals surface area (Å²) in [6.45, 7) is -0.222. The van der Waals surface area contributed by atoms with Crippen LogP contribution in [0, 0.1) is 10.1 Å². The van der Waals surface area contributed by atoms with Gasteiger partial charge in [-0.2, -0.15) is 0 Å². The van der Waals surface area contributed by atoms with Crippen molar-refractivity contribution in [2.75, 3.05) is 11.9 Å². The van der Waals surface area contributed by atoms with E-state index in [-0.39, 0.29) is 17.9 Å². The largest absolute Gasteiger partial charge is 0.480 e. The van der Waals surface area contributed by atoms with Gasteiger partial charge in [-0.3, -0.25) is 14.9 Å². The van der Waals surface area contributed by atoms with Gasteiger partial charge in [0.2, 0.25) is 5.91 Å². The number of carboxylic acids is 1. The van der Waals surface area contributed by atoms with Gasteiger partial charge in [0.1, 0.15) is 11.2 Å². The summed E-state index contributed by atoms with van der Waals surface area (Å²) >= 11 is 0. The fourth-order valence-corrected chi connectivity index (χ4v) is 2.82. The molecule has 1 fully saturated rings. The summed E-state index contributed by atoms with van der Waals surface area (Å²) in [7, 11) is 0. The van der Waals surface area contributed by atoms with E-state index >= 15 is 0 Å². The van der Waals surface area contributed by atoms with Crippen molar-refractivity contribution in [3.8, 4) is 0 Å². The van der Waals surface area contributed by atoms with Crippen LogP contribution in [0.3, 0.4) is 0 Å². The monoisotopic (exact) mass is 321 g/mol. The molecule has 0 heterocycles. The second-order valence-corrected chi connectivity index (χ2v) is 5.62. The highest BCUT2D eigenvalue weighted by Gasteiger charge is 2.40. The van der Waals surface area contributed by atoms with Crippen LogP contribution in [0.4, 0.5) is 11.4 Å². The lowest BCUT2D eigenvalue weighted by molar-refractivity contribution is -0.383. The molecule has 1 aromatic carbocycles. The minimum Gasteiger partial charge on any atom is -0.480 e. The lowest BCUT2D eigenvalue weighted by Crippen LogP contribution is -2.56. The van der Waals surface area contributed by atoms with Crippen LogP contribution in [0.15, 0.2) is 24.3 Å². The molecular formula is C15H19N3O5. The van der Waals surface area contributed by atoms with Gasteiger partial charge in [0, 0.05) is 6.07 Å². The number of para-hydroxylation sites is 2. The second-order valence-electron chi connectivity index (χ2n) is 5.62. The normalized spacial score (nSPS) is 16.3. The Balaban J connectivity index is 2.00. The zero-order valence-electron chi connectivity index (χ0n) is 12.6. The molecule has 1 amide bonds. The summed E-state index contributed by atoms with van der Waals surface area (Å²) in [6, 6.07) is 5.98. The van der Waals surface area contributed by atoms with Gasteiger partial charge < -0.3 is 15.7 Å². The van der Waals surface area contributed by atoms with E-state index in [4.69, 9.17) is 0 Å². The highest BCUT2D eigenvalue weighted by molar-refractivity contribution is 5.89. The number of hydrogen-bond donors (Lipinski definition) is 3. The van der Waals surface area contributed by atoms with Crippen LogP contribution in [0.5, 0.6) is 0 Å². The quantitative estimate of drug-likeness (QED) is 0.543. The van der Waals surface area contributed by atoms with Crippen molar-refractivity contribution in [3.05, 3.63) is 34.4 Å². The molecule has 1 saturated carbocycles. The summed E-state index contributed by atoms with van der Waals surface area (Å²) in [6.07, 6.45) is 3.27. The Hall–Kier alpha value is -2.64. The van der Waals surface area contributed by atoms with Crippen LogP contribution in [0.25, 0.3) is 0 Å². The Morgan fingerprint density at radius 1 is 1.22 bits per heavy atom. The van der Waals surface area contributed by atoms with Crippen LogP contribution in [-0.2, 0) is 9.59 Å². The topological polar surface area (TPSA) is 122 Å². The Morgan fingerprint density at radius 3 is 2.48 bits per heavy atom. The number of carbonyl (C=O) groups is 2. The zero-order valence-corrected chi connectivity index (χ0v) is 12.6. The fourth-order valence-electron chi connectivity index (χ4n) is 2.82. The molecule has 23 heavy (non-hydrogen) atoms. The van der Waals surface area contributed by atoms with Crippen LogP contribution in [0.1, 0.15) is 32.1 Å². The SMILES string of the molecule is O=C(CNc1ccccc1[N+](=O)[O-])NC1(C(=O)O)CCCCC1. The van der Waals surface area contributed by atoms with E-state index < -0.39 is 22.3 Å². The van der Waals surface area contributed by atoms with Crippen LogP contribution in [0.2, 0.25) is 0 Å². The molecule has 0 saturated heterocycles. The maximum absolute atomic E-state index is 12.1. The Labute approximate surface area is 133 Å². The number of nitrogens with zero attached hydrogens (tertiary/aromatic N) is 1. The van der Waals surface area contributed by atoms with E-state index in [1.54, 1.807) is 6.07 Å². The van der Waals surface area contributed by atoms with Crippen molar-refractivity contribution in [1.82, 2.24) is 5.32 Å². The van der Waals surface area contributed by atoms with E-state index in [1.807, 2.05) is 0 Å². The standard InChI is InChI=1S/C15H19N3O5/c19-13(17-15(14(20)21)8-4-1-5-9-15)10-16-11-6-2-3-7-12(11)18(22)23/h2-3,6-7,16H,1,4-5,8-10H2,(H,17,19)(H,20,21). The molecule has 1 aliphatic carbocycles.